The predicted molar refractivity (Wildman–Crippen MR) is 117 cm³/mol. The lowest BCUT2D eigenvalue weighted by Gasteiger charge is -2.42. The maximum absolute atomic E-state index is 11.2. The molecule has 5 nitrogen and oxygen atoms in total. The summed E-state index contributed by atoms with van der Waals surface area (Å²) in [4.78, 5) is 16.5. The standard InChI is InChI=1S/C25H28N2O3/c1-16-14-20-21(25(4,5)11-10-24(20,2)3)15-19(16)22(27-30-13-12-26)17-6-8-18(9-7-17)23(28)29/h6-9,14-15H,10-11,13H2,1-5H3,(H,28,29)/b27-22-. The predicted octanol–water partition coefficient (Wildman–Crippen LogP) is 5.33. The van der Waals surface area contributed by atoms with E-state index in [1.54, 1.807) is 24.3 Å². The molecule has 5 heteroatoms. The second-order valence-corrected chi connectivity index (χ2v) is 9.23. The van der Waals surface area contributed by atoms with Crippen LogP contribution in [-0.4, -0.2) is 23.4 Å². The van der Waals surface area contributed by atoms with Gasteiger partial charge in [-0.1, -0.05) is 51.0 Å². The summed E-state index contributed by atoms with van der Waals surface area (Å²) in [6.45, 7) is 11.0. The molecule has 30 heavy (non-hydrogen) atoms. The Hall–Kier alpha value is -3.13. The number of carboxylic acid groups (broad SMARTS) is 1. The SMILES string of the molecule is Cc1cc2c(cc1/C(=N\OCC#N)c1ccc(C(=O)O)cc1)C(C)(C)CCC2(C)C. The number of aryl methyl sites for hydroxylation is 1. The summed E-state index contributed by atoms with van der Waals surface area (Å²) in [6.07, 6.45) is 2.23. The fourth-order valence-electron chi connectivity index (χ4n) is 4.13. The second kappa shape index (κ2) is 7.95. The summed E-state index contributed by atoms with van der Waals surface area (Å²) >= 11 is 0. The van der Waals surface area contributed by atoms with Crippen LogP contribution in [0.4, 0.5) is 0 Å². The molecule has 0 bridgehead atoms. The molecule has 0 unspecified atom stereocenters. The van der Waals surface area contributed by atoms with Crippen molar-refractivity contribution in [2.24, 2.45) is 5.16 Å². The number of benzene rings is 2. The van der Waals surface area contributed by atoms with Crippen LogP contribution in [0.5, 0.6) is 0 Å². The van der Waals surface area contributed by atoms with Gasteiger partial charge in [0.05, 0.1) is 5.56 Å². The first-order valence-electron chi connectivity index (χ1n) is 10.1. The van der Waals surface area contributed by atoms with E-state index in [1.165, 1.54) is 11.1 Å². The van der Waals surface area contributed by atoms with Gasteiger partial charge in [0.1, 0.15) is 11.8 Å². The Balaban J connectivity index is 2.18. The van der Waals surface area contributed by atoms with Crippen molar-refractivity contribution in [3.8, 4) is 6.07 Å². The Morgan fingerprint density at radius 3 is 2.13 bits per heavy atom. The Bertz CT molecular complexity index is 1040. The molecule has 0 fully saturated rings. The van der Waals surface area contributed by atoms with E-state index >= 15 is 0 Å². The van der Waals surface area contributed by atoms with E-state index in [9.17, 15) is 9.90 Å². The van der Waals surface area contributed by atoms with Gasteiger partial charge in [-0.05, 0) is 65.5 Å². The molecule has 2 aromatic rings. The van der Waals surface area contributed by atoms with Gasteiger partial charge in [0.25, 0.3) is 0 Å². The number of oxime groups is 1. The summed E-state index contributed by atoms with van der Waals surface area (Å²) < 4.78 is 0. The summed E-state index contributed by atoms with van der Waals surface area (Å²) in [5.74, 6) is -0.977. The second-order valence-electron chi connectivity index (χ2n) is 9.23. The van der Waals surface area contributed by atoms with Gasteiger partial charge in [0.2, 0.25) is 6.61 Å². The van der Waals surface area contributed by atoms with Crippen molar-refractivity contribution in [2.45, 2.75) is 58.3 Å². The fraction of sp³-hybridized carbons (Fsp3) is 0.400. The molecule has 0 radical (unpaired) electrons. The molecule has 1 aliphatic rings. The first kappa shape index (κ1) is 21.6. The molecule has 3 rings (SSSR count). The van der Waals surface area contributed by atoms with E-state index in [4.69, 9.17) is 10.1 Å². The summed E-state index contributed by atoms with van der Waals surface area (Å²) in [7, 11) is 0. The Kier molecular flexibility index (Phi) is 5.72. The van der Waals surface area contributed by atoms with Crippen molar-refractivity contribution in [3.05, 3.63) is 69.8 Å². The highest BCUT2D eigenvalue weighted by molar-refractivity contribution is 6.14. The number of carboxylic acids is 1. The fourth-order valence-corrected chi connectivity index (χ4v) is 4.13. The largest absolute Gasteiger partial charge is 0.478 e. The molecular formula is C25H28N2O3. The lowest BCUT2D eigenvalue weighted by Crippen LogP contribution is -2.34. The van der Waals surface area contributed by atoms with Crippen LogP contribution in [0.3, 0.4) is 0 Å². The molecule has 0 saturated carbocycles. The van der Waals surface area contributed by atoms with Crippen molar-refractivity contribution >= 4 is 11.7 Å². The van der Waals surface area contributed by atoms with Crippen LogP contribution < -0.4 is 0 Å². The molecule has 0 aliphatic heterocycles. The number of nitriles is 1. The van der Waals surface area contributed by atoms with Crippen LogP contribution in [0.2, 0.25) is 0 Å². The maximum atomic E-state index is 11.2. The average molecular weight is 405 g/mol. The van der Waals surface area contributed by atoms with Crippen LogP contribution in [0, 0.1) is 18.3 Å². The quantitative estimate of drug-likeness (QED) is 0.414. The highest BCUT2D eigenvalue weighted by atomic mass is 16.6. The van der Waals surface area contributed by atoms with E-state index in [0.717, 1.165) is 29.5 Å². The molecule has 0 saturated heterocycles. The van der Waals surface area contributed by atoms with Crippen LogP contribution in [-0.2, 0) is 15.7 Å². The van der Waals surface area contributed by atoms with Crippen LogP contribution in [0.1, 0.15) is 78.7 Å². The van der Waals surface area contributed by atoms with Gasteiger partial charge in [-0.25, -0.2) is 4.79 Å². The highest BCUT2D eigenvalue weighted by Gasteiger charge is 2.37. The maximum Gasteiger partial charge on any atom is 0.335 e. The number of nitrogens with zero attached hydrogens (tertiary/aromatic N) is 2. The van der Waals surface area contributed by atoms with Gasteiger partial charge in [-0.3, -0.25) is 0 Å². The zero-order valence-electron chi connectivity index (χ0n) is 18.2. The van der Waals surface area contributed by atoms with Gasteiger partial charge >= 0.3 is 5.97 Å². The lowest BCUT2D eigenvalue weighted by molar-refractivity contribution is 0.0697. The summed E-state index contributed by atoms with van der Waals surface area (Å²) in [5, 5.41) is 22.3. The van der Waals surface area contributed by atoms with Crippen molar-refractivity contribution in [3.63, 3.8) is 0 Å². The van der Waals surface area contributed by atoms with Crippen LogP contribution >= 0.6 is 0 Å². The third-order valence-electron chi connectivity index (χ3n) is 6.14. The van der Waals surface area contributed by atoms with Gasteiger partial charge in [0, 0.05) is 11.1 Å². The molecule has 0 amide bonds. The first-order valence-corrected chi connectivity index (χ1v) is 10.1. The first-order chi connectivity index (χ1) is 14.1. The average Bonchev–Trinajstić information content (AvgIpc) is 2.69. The van der Waals surface area contributed by atoms with E-state index in [1.807, 2.05) is 6.07 Å². The summed E-state index contributed by atoms with van der Waals surface area (Å²) in [6, 6.07) is 12.9. The van der Waals surface area contributed by atoms with Crippen molar-refractivity contribution in [1.82, 2.24) is 0 Å². The Labute approximate surface area is 178 Å². The van der Waals surface area contributed by atoms with E-state index in [-0.39, 0.29) is 23.0 Å². The molecule has 0 aromatic heterocycles. The Morgan fingerprint density at radius 1 is 1.07 bits per heavy atom. The summed E-state index contributed by atoms with van der Waals surface area (Å²) in [5.41, 5.74) is 6.36. The van der Waals surface area contributed by atoms with Crippen LogP contribution in [0.15, 0.2) is 41.6 Å². The third-order valence-corrected chi connectivity index (χ3v) is 6.14. The monoisotopic (exact) mass is 404 g/mol. The van der Waals surface area contributed by atoms with Gasteiger partial charge in [0.15, 0.2) is 0 Å². The Morgan fingerprint density at radius 2 is 1.60 bits per heavy atom. The van der Waals surface area contributed by atoms with Crippen molar-refractivity contribution < 1.29 is 14.7 Å². The molecule has 0 heterocycles. The molecule has 2 aromatic carbocycles. The number of fused-ring (bicyclic) bond motifs is 1. The lowest BCUT2D eigenvalue weighted by atomic mass is 9.62. The molecule has 0 atom stereocenters. The number of rotatable bonds is 5. The van der Waals surface area contributed by atoms with Gasteiger partial charge < -0.3 is 9.94 Å². The van der Waals surface area contributed by atoms with Crippen molar-refractivity contribution in [1.29, 1.82) is 5.26 Å². The molecule has 1 N–H and O–H groups in total. The number of hydrogen-bond acceptors (Lipinski definition) is 4. The molecule has 156 valence electrons. The molecule has 0 spiro atoms. The van der Waals surface area contributed by atoms with Gasteiger partial charge in [-0.2, -0.15) is 5.26 Å². The smallest absolute Gasteiger partial charge is 0.335 e. The number of hydrogen-bond donors (Lipinski definition) is 1. The third kappa shape index (κ3) is 4.09. The normalized spacial score (nSPS) is 17.0. The zero-order valence-corrected chi connectivity index (χ0v) is 18.2. The minimum Gasteiger partial charge on any atom is -0.478 e. The molecule has 1 aliphatic carbocycles. The van der Waals surface area contributed by atoms with E-state index in [2.05, 4.69) is 51.9 Å². The molecular weight excluding hydrogens is 376 g/mol. The minimum atomic E-state index is -0.977. The van der Waals surface area contributed by atoms with E-state index < -0.39 is 5.97 Å². The topological polar surface area (TPSA) is 82.7 Å². The van der Waals surface area contributed by atoms with Gasteiger partial charge in [-0.15, -0.1) is 0 Å². The van der Waals surface area contributed by atoms with E-state index in [0.29, 0.717) is 5.71 Å². The highest BCUT2D eigenvalue weighted by Crippen LogP contribution is 2.46. The zero-order chi connectivity index (χ0) is 22.1. The number of carbonyl (C=O) groups is 1. The minimum absolute atomic E-state index is 0.0408. The van der Waals surface area contributed by atoms with Crippen molar-refractivity contribution in [2.75, 3.05) is 6.61 Å². The number of aromatic carboxylic acids is 1. The van der Waals surface area contributed by atoms with Crippen LogP contribution in [0.25, 0.3) is 0 Å².